The lowest BCUT2D eigenvalue weighted by Crippen LogP contribution is -2.59. The van der Waals surface area contributed by atoms with Gasteiger partial charge in [-0.1, -0.05) is 13.8 Å². The van der Waals surface area contributed by atoms with Gasteiger partial charge in [-0.05, 0) is 91.9 Å². The molecule has 4 aliphatic rings. The highest BCUT2D eigenvalue weighted by Crippen LogP contribution is 2.67. The Kier molecular flexibility index (Phi) is 3.19. The molecule has 4 aliphatic carbocycles. The maximum Gasteiger partial charge on any atom is 0.0675 e. The van der Waals surface area contributed by atoms with E-state index in [2.05, 4.69) is 31.0 Å². The first-order valence-electron chi connectivity index (χ1n) is 10.2. The fraction of sp³-hybridized carbons (Fsp3) is 0.857. The Morgan fingerprint density at radius 3 is 2.68 bits per heavy atom. The SMILES string of the molecule is CC12Cc3cn[nH]c3CC1C(O)CC1C2CCC2(C)C1CCC2(C)O. The summed E-state index contributed by atoms with van der Waals surface area (Å²) >= 11 is 0. The Morgan fingerprint density at radius 2 is 1.88 bits per heavy atom. The molecule has 3 N–H and O–H groups in total. The second-order valence-corrected chi connectivity index (χ2v) is 10.3. The van der Waals surface area contributed by atoms with Crippen LogP contribution in [-0.4, -0.2) is 32.1 Å². The van der Waals surface area contributed by atoms with Gasteiger partial charge >= 0.3 is 0 Å². The van der Waals surface area contributed by atoms with Crippen molar-refractivity contribution in [3.05, 3.63) is 17.5 Å². The first-order chi connectivity index (χ1) is 11.8. The summed E-state index contributed by atoms with van der Waals surface area (Å²) < 4.78 is 0. The van der Waals surface area contributed by atoms with Crippen LogP contribution >= 0.6 is 0 Å². The Morgan fingerprint density at radius 1 is 1.12 bits per heavy atom. The highest BCUT2D eigenvalue weighted by Gasteiger charge is 2.64. The third-order valence-corrected chi connectivity index (χ3v) is 9.47. The summed E-state index contributed by atoms with van der Waals surface area (Å²) in [6.45, 7) is 6.80. The number of rotatable bonds is 0. The topological polar surface area (TPSA) is 69.1 Å². The molecule has 8 atom stereocenters. The van der Waals surface area contributed by atoms with E-state index in [4.69, 9.17) is 0 Å². The summed E-state index contributed by atoms with van der Waals surface area (Å²) in [7, 11) is 0. The van der Waals surface area contributed by atoms with Crippen molar-refractivity contribution in [3.8, 4) is 0 Å². The van der Waals surface area contributed by atoms with E-state index >= 15 is 0 Å². The molecule has 3 fully saturated rings. The maximum atomic E-state index is 11.1. The predicted molar refractivity (Wildman–Crippen MR) is 95.9 cm³/mol. The molecule has 3 saturated carbocycles. The van der Waals surface area contributed by atoms with E-state index in [1.165, 1.54) is 17.7 Å². The Labute approximate surface area is 150 Å². The number of hydrogen-bond acceptors (Lipinski definition) is 3. The molecule has 4 heteroatoms. The molecular formula is C21H32N2O2. The van der Waals surface area contributed by atoms with Gasteiger partial charge in [0.05, 0.1) is 17.9 Å². The Hall–Kier alpha value is -0.870. The maximum absolute atomic E-state index is 11.1. The largest absolute Gasteiger partial charge is 0.393 e. The lowest BCUT2D eigenvalue weighted by Gasteiger charge is -2.61. The molecular weight excluding hydrogens is 312 g/mol. The van der Waals surface area contributed by atoms with Crippen molar-refractivity contribution < 1.29 is 10.2 Å². The second-order valence-electron chi connectivity index (χ2n) is 10.3. The van der Waals surface area contributed by atoms with Crippen molar-refractivity contribution >= 4 is 0 Å². The van der Waals surface area contributed by atoms with Crippen molar-refractivity contribution in [2.24, 2.45) is 34.5 Å². The molecule has 0 bridgehead atoms. The third-order valence-electron chi connectivity index (χ3n) is 9.47. The molecule has 1 heterocycles. The average molecular weight is 344 g/mol. The van der Waals surface area contributed by atoms with E-state index in [-0.39, 0.29) is 16.9 Å². The Bertz CT molecular complexity index is 698. The van der Waals surface area contributed by atoms with E-state index < -0.39 is 5.60 Å². The highest BCUT2D eigenvalue weighted by atomic mass is 16.3. The smallest absolute Gasteiger partial charge is 0.0675 e. The van der Waals surface area contributed by atoms with Gasteiger partial charge in [-0.3, -0.25) is 5.10 Å². The van der Waals surface area contributed by atoms with Gasteiger partial charge in [0.2, 0.25) is 0 Å². The Balaban J connectivity index is 1.54. The van der Waals surface area contributed by atoms with Gasteiger partial charge in [0.25, 0.3) is 0 Å². The van der Waals surface area contributed by atoms with Gasteiger partial charge in [-0.2, -0.15) is 5.10 Å². The van der Waals surface area contributed by atoms with Crippen molar-refractivity contribution in [2.75, 3.05) is 0 Å². The molecule has 0 aromatic carbocycles. The van der Waals surface area contributed by atoms with Gasteiger partial charge in [0.1, 0.15) is 0 Å². The van der Waals surface area contributed by atoms with Gasteiger partial charge in [0, 0.05) is 5.69 Å². The fourth-order valence-electron chi connectivity index (χ4n) is 7.76. The number of hydrogen-bond donors (Lipinski definition) is 3. The number of nitrogens with zero attached hydrogens (tertiary/aromatic N) is 1. The fourth-order valence-corrected chi connectivity index (χ4v) is 7.76. The zero-order chi connectivity index (χ0) is 17.6. The van der Waals surface area contributed by atoms with E-state index in [9.17, 15) is 10.2 Å². The quantitative estimate of drug-likeness (QED) is 0.677. The molecule has 8 unspecified atom stereocenters. The summed E-state index contributed by atoms with van der Waals surface area (Å²) in [5.41, 5.74) is 2.24. The minimum absolute atomic E-state index is 0.0204. The molecule has 138 valence electrons. The van der Waals surface area contributed by atoms with Crippen LogP contribution in [0.25, 0.3) is 0 Å². The molecule has 0 aliphatic heterocycles. The minimum atomic E-state index is -0.546. The zero-order valence-electron chi connectivity index (χ0n) is 15.8. The average Bonchev–Trinajstić information content (AvgIpc) is 3.08. The predicted octanol–water partition coefficient (Wildman–Crippen LogP) is 3.09. The third kappa shape index (κ3) is 1.93. The van der Waals surface area contributed by atoms with Gasteiger partial charge < -0.3 is 10.2 Å². The molecule has 4 nitrogen and oxygen atoms in total. The van der Waals surface area contributed by atoms with Crippen molar-refractivity contribution in [2.45, 2.75) is 77.4 Å². The lowest BCUT2D eigenvalue weighted by molar-refractivity contribution is -0.167. The molecule has 0 radical (unpaired) electrons. The van der Waals surface area contributed by atoms with E-state index in [0.29, 0.717) is 23.7 Å². The van der Waals surface area contributed by atoms with Crippen molar-refractivity contribution in [1.29, 1.82) is 0 Å². The number of H-pyrrole nitrogens is 1. The summed E-state index contributed by atoms with van der Waals surface area (Å²) in [5, 5.41) is 29.6. The molecule has 25 heavy (non-hydrogen) atoms. The number of aliphatic hydroxyl groups excluding tert-OH is 1. The van der Waals surface area contributed by atoms with Crippen LogP contribution in [0.4, 0.5) is 0 Å². The van der Waals surface area contributed by atoms with E-state index in [0.717, 1.165) is 38.5 Å². The standard InChI is InChI=1S/C21H32N2O2/c1-19-10-12-11-22-23-17(12)9-16(19)18(24)8-13-14(19)4-6-20(2)15(13)5-7-21(20,3)25/h11,13-16,18,24-25H,4-10H2,1-3H3,(H,22,23). The first-order valence-corrected chi connectivity index (χ1v) is 10.2. The van der Waals surface area contributed by atoms with Crippen LogP contribution in [-0.2, 0) is 12.8 Å². The first kappa shape index (κ1) is 16.3. The lowest BCUT2D eigenvalue weighted by atomic mass is 9.44. The summed E-state index contributed by atoms with van der Waals surface area (Å²) in [5.74, 6) is 2.11. The summed E-state index contributed by atoms with van der Waals surface area (Å²) in [6, 6.07) is 0. The van der Waals surface area contributed by atoms with Crippen molar-refractivity contribution in [1.82, 2.24) is 10.2 Å². The van der Waals surface area contributed by atoms with Crippen molar-refractivity contribution in [3.63, 3.8) is 0 Å². The molecule has 0 spiro atoms. The number of aliphatic hydroxyl groups is 2. The van der Waals surface area contributed by atoms with Crippen LogP contribution in [0, 0.1) is 34.5 Å². The van der Waals surface area contributed by atoms with Gasteiger partial charge in [-0.15, -0.1) is 0 Å². The van der Waals surface area contributed by atoms with Crippen LogP contribution in [0.15, 0.2) is 6.20 Å². The molecule has 1 aromatic heterocycles. The van der Waals surface area contributed by atoms with Crippen LogP contribution in [0.5, 0.6) is 0 Å². The zero-order valence-corrected chi connectivity index (χ0v) is 15.8. The molecule has 1 aromatic rings. The van der Waals surface area contributed by atoms with Gasteiger partial charge in [-0.25, -0.2) is 0 Å². The van der Waals surface area contributed by atoms with Crippen LogP contribution in [0.1, 0.15) is 64.1 Å². The monoisotopic (exact) mass is 344 g/mol. The van der Waals surface area contributed by atoms with Gasteiger partial charge in [0.15, 0.2) is 0 Å². The number of nitrogens with one attached hydrogen (secondary N) is 1. The summed E-state index contributed by atoms with van der Waals surface area (Å²) in [4.78, 5) is 0. The van der Waals surface area contributed by atoms with Crippen LogP contribution in [0.3, 0.4) is 0 Å². The van der Waals surface area contributed by atoms with Crippen LogP contribution in [0.2, 0.25) is 0 Å². The minimum Gasteiger partial charge on any atom is -0.393 e. The van der Waals surface area contributed by atoms with Crippen LogP contribution < -0.4 is 0 Å². The molecule has 5 rings (SSSR count). The van der Waals surface area contributed by atoms with E-state index in [1.54, 1.807) is 0 Å². The summed E-state index contributed by atoms with van der Waals surface area (Å²) in [6.07, 6.45) is 9.04. The molecule has 0 amide bonds. The molecule has 0 saturated heterocycles. The van der Waals surface area contributed by atoms with E-state index in [1.807, 2.05) is 6.20 Å². The normalized spacial score (nSPS) is 54.4. The number of aromatic amines is 1. The number of fused-ring (bicyclic) bond motifs is 6. The highest BCUT2D eigenvalue weighted by molar-refractivity contribution is 5.27. The second kappa shape index (κ2) is 4.89. The number of aromatic nitrogens is 2.